The normalized spacial score (nSPS) is 24.9. The number of carbonyl (C=O) groups excluding carboxylic acids is 2. The van der Waals surface area contributed by atoms with Gasteiger partial charge in [0.25, 0.3) is 0 Å². The van der Waals surface area contributed by atoms with Crippen molar-refractivity contribution in [1.29, 1.82) is 0 Å². The monoisotopic (exact) mass is 332 g/mol. The SMILES string of the molecule is COC(=O)C1(Cc2ccc(N)nn2)CCC(C(F)(F)F)NC1=O. The van der Waals surface area contributed by atoms with Crippen molar-refractivity contribution in [2.75, 3.05) is 12.8 Å². The number of hydrogen-bond donors (Lipinski definition) is 2. The molecule has 0 aliphatic carbocycles. The molecule has 2 unspecified atom stereocenters. The number of piperidine rings is 1. The van der Waals surface area contributed by atoms with Crippen LogP contribution in [0.3, 0.4) is 0 Å². The molecule has 1 aliphatic rings. The highest BCUT2D eigenvalue weighted by molar-refractivity contribution is 6.03. The third kappa shape index (κ3) is 3.35. The third-order valence-corrected chi connectivity index (χ3v) is 3.79. The Bertz CT molecular complexity index is 605. The van der Waals surface area contributed by atoms with Gasteiger partial charge in [-0.15, -0.1) is 5.10 Å². The molecule has 10 heteroatoms. The van der Waals surface area contributed by atoms with Gasteiger partial charge in [-0.3, -0.25) is 9.59 Å². The van der Waals surface area contributed by atoms with Crippen LogP contribution >= 0.6 is 0 Å². The van der Waals surface area contributed by atoms with Crippen LogP contribution in [-0.4, -0.2) is 41.4 Å². The molecule has 1 aromatic rings. The van der Waals surface area contributed by atoms with Crippen LogP contribution in [0.4, 0.5) is 19.0 Å². The second kappa shape index (κ2) is 6.01. The molecule has 126 valence electrons. The number of nitrogens with zero attached hydrogens (tertiary/aromatic N) is 2. The first-order chi connectivity index (χ1) is 10.7. The Hall–Kier alpha value is -2.39. The Kier molecular flexibility index (Phi) is 4.44. The van der Waals surface area contributed by atoms with Crippen molar-refractivity contribution >= 4 is 17.7 Å². The first-order valence-corrected chi connectivity index (χ1v) is 6.73. The number of aromatic nitrogens is 2. The van der Waals surface area contributed by atoms with Gasteiger partial charge in [0.15, 0.2) is 5.41 Å². The molecule has 2 heterocycles. The quantitative estimate of drug-likeness (QED) is 0.620. The van der Waals surface area contributed by atoms with Gasteiger partial charge in [0.05, 0.1) is 12.8 Å². The summed E-state index contributed by atoms with van der Waals surface area (Å²) in [5, 5.41) is 9.21. The summed E-state index contributed by atoms with van der Waals surface area (Å²) in [5.74, 6) is -1.79. The number of esters is 1. The maximum atomic E-state index is 12.8. The van der Waals surface area contributed by atoms with Crippen LogP contribution in [0.1, 0.15) is 18.5 Å². The minimum Gasteiger partial charge on any atom is -0.468 e. The molecule has 2 rings (SSSR count). The van der Waals surface area contributed by atoms with Gasteiger partial charge in [0, 0.05) is 6.42 Å². The van der Waals surface area contributed by atoms with E-state index >= 15 is 0 Å². The topological polar surface area (TPSA) is 107 Å². The Morgan fingerprint density at radius 3 is 2.65 bits per heavy atom. The molecule has 1 aliphatic heterocycles. The highest BCUT2D eigenvalue weighted by Crippen LogP contribution is 2.38. The Morgan fingerprint density at radius 1 is 1.48 bits per heavy atom. The van der Waals surface area contributed by atoms with Gasteiger partial charge in [0.1, 0.15) is 11.9 Å². The van der Waals surface area contributed by atoms with Gasteiger partial charge in [-0.05, 0) is 25.0 Å². The Labute approximate surface area is 129 Å². The zero-order valence-corrected chi connectivity index (χ0v) is 12.2. The minimum atomic E-state index is -4.57. The van der Waals surface area contributed by atoms with E-state index in [1.807, 2.05) is 5.32 Å². The second-order valence-corrected chi connectivity index (χ2v) is 5.31. The van der Waals surface area contributed by atoms with Gasteiger partial charge in [-0.2, -0.15) is 18.3 Å². The molecule has 0 saturated carbocycles. The molecule has 1 fully saturated rings. The van der Waals surface area contributed by atoms with E-state index in [-0.39, 0.29) is 24.4 Å². The van der Waals surface area contributed by atoms with Crippen LogP contribution in [0.25, 0.3) is 0 Å². The number of hydrogen-bond acceptors (Lipinski definition) is 6. The fourth-order valence-electron chi connectivity index (χ4n) is 2.52. The molecule has 23 heavy (non-hydrogen) atoms. The maximum absolute atomic E-state index is 12.8. The summed E-state index contributed by atoms with van der Waals surface area (Å²) >= 11 is 0. The predicted molar refractivity (Wildman–Crippen MR) is 71.8 cm³/mol. The van der Waals surface area contributed by atoms with Crippen LogP contribution in [0, 0.1) is 5.41 Å². The molecule has 0 bridgehead atoms. The molecule has 3 N–H and O–H groups in total. The Morgan fingerprint density at radius 2 is 2.17 bits per heavy atom. The number of amides is 1. The standard InChI is InChI=1S/C13H15F3N4O3/c1-23-11(22)12(6-7-2-3-9(17)20-19-7)5-4-8(13(14,15)16)18-10(12)21/h2-3,8H,4-6H2,1H3,(H2,17,20)(H,18,21). The van der Waals surface area contributed by atoms with E-state index in [1.54, 1.807) is 0 Å². The average Bonchev–Trinajstić information content (AvgIpc) is 2.49. The summed E-state index contributed by atoms with van der Waals surface area (Å²) in [6.07, 6.45) is -5.52. The van der Waals surface area contributed by atoms with E-state index in [2.05, 4.69) is 14.9 Å². The number of ether oxygens (including phenoxy) is 1. The van der Waals surface area contributed by atoms with Gasteiger partial charge in [0.2, 0.25) is 5.91 Å². The highest BCUT2D eigenvalue weighted by atomic mass is 19.4. The number of anilines is 1. The second-order valence-electron chi connectivity index (χ2n) is 5.31. The number of nitrogens with two attached hydrogens (primary N) is 1. The van der Waals surface area contributed by atoms with Crippen molar-refractivity contribution in [3.8, 4) is 0 Å². The number of nitrogens with one attached hydrogen (secondary N) is 1. The summed E-state index contributed by atoms with van der Waals surface area (Å²) in [4.78, 5) is 24.3. The Balaban J connectivity index is 2.29. The average molecular weight is 332 g/mol. The lowest BCUT2D eigenvalue weighted by atomic mass is 9.74. The summed E-state index contributed by atoms with van der Waals surface area (Å²) in [6.45, 7) is 0. The van der Waals surface area contributed by atoms with Gasteiger partial charge in [-0.1, -0.05) is 0 Å². The molecular weight excluding hydrogens is 317 g/mol. The smallest absolute Gasteiger partial charge is 0.408 e. The van der Waals surface area contributed by atoms with Crippen LogP contribution in [0.15, 0.2) is 12.1 Å². The van der Waals surface area contributed by atoms with Gasteiger partial charge < -0.3 is 15.8 Å². The fourth-order valence-corrected chi connectivity index (χ4v) is 2.52. The first kappa shape index (κ1) is 17.0. The molecule has 1 amide bonds. The number of rotatable bonds is 3. The number of alkyl halides is 3. The van der Waals surface area contributed by atoms with Crippen molar-refractivity contribution in [1.82, 2.24) is 15.5 Å². The zero-order chi connectivity index (χ0) is 17.3. The van der Waals surface area contributed by atoms with Crippen molar-refractivity contribution in [2.24, 2.45) is 5.41 Å². The zero-order valence-electron chi connectivity index (χ0n) is 12.2. The van der Waals surface area contributed by atoms with Crippen molar-refractivity contribution in [2.45, 2.75) is 31.5 Å². The summed E-state index contributed by atoms with van der Waals surface area (Å²) in [5.41, 5.74) is 3.89. The first-order valence-electron chi connectivity index (χ1n) is 6.73. The van der Waals surface area contributed by atoms with E-state index in [9.17, 15) is 22.8 Å². The molecule has 0 radical (unpaired) electrons. The van der Waals surface area contributed by atoms with Crippen LogP contribution in [0.2, 0.25) is 0 Å². The summed E-state index contributed by atoms with van der Waals surface area (Å²) in [6, 6.07) is 0.896. The summed E-state index contributed by atoms with van der Waals surface area (Å²) < 4.78 is 42.9. The number of carbonyl (C=O) groups is 2. The fraction of sp³-hybridized carbons (Fsp3) is 0.538. The lowest BCUT2D eigenvalue weighted by molar-refractivity contribution is -0.181. The summed E-state index contributed by atoms with van der Waals surface area (Å²) in [7, 11) is 1.07. The van der Waals surface area contributed by atoms with E-state index in [1.165, 1.54) is 12.1 Å². The highest BCUT2D eigenvalue weighted by Gasteiger charge is 2.55. The van der Waals surface area contributed by atoms with Crippen LogP contribution < -0.4 is 11.1 Å². The molecule has 2 atom stereocenters. The van der Waals surface area contributed by atoms with E-state index in [0.29, 0.717) is 0 Å². The van der Waals surface area contributed by atoms with E-state index < -0.39 is 35.9 Å². The van der Waals surface area contributed by atoms with Gasteiger partial charge in [-0.25, -0.2) is 0 Å². The van der Waals surface area contributed by atoms with Crippen molar-refractivity contribution < 1.29 is 27.5 Å². The van der Waals surface area contributed by atoms with Crippen LogP contribution in [0.5, 0.6) is 0 Å². The van der Waals surface area contributed by atoms with Crippen molar-refractivity contribution in [3.63, 3.8) is 0 Å². The molecular formula is C13H15F3N4O3. The largest absolute Gasteiger partial charge is 0.468 e. The number of nitrogen functional groups attached to an aromatic ring is 1. The van der Waals surface area contributed by atoms with Crippen LogP contribution in [-0.2, 0) is 20.7 Å². The number of methoxy groups -OCH3 is 1. The maximum Gasteiger partial charge on any atom is 0.408 e. The molecule has 0 spiro atoms. The third-order valence-electron chi connectivity index (χ3n) is 3.79. The molecule has 0 aromatic carbocycles. The molecule has 7 nitrogen and oxygen atoms in total. The molecule has 1 aromatic heterocycles. The molecule has 1 saturated heterocycles. The van der Waals surface area contributed by atoms with E-state index in [4.69, 9.17) is 5.73 Å². The lowest BCUT2D eigenvalue weighted by Gasteiger charge is -2.37. The van der Waals surface area contributed by atoms with E-state index in [0.717, 1.165) is 7.11 Å². The minimum absolute atomic E-state index is 0.145. The van der Waals surface area contributed by atoms with Crippen molar-refractivity contribution in [3.05, 3.63) is 17.8 Å². The lowest BCUT2D eigenvalue weighted by Crippen LogP contribution is -2.59. The predicted octanol–water partition coefficient (Wildman–Crippen LogP) is 0.602. The van der Waals surface area contributed by atoms with Gasteiger partial charge >= 0.3 is 12.1 Å². The number of halogens is 3.